The largest absolute Gasteiger partial charge is 0.490 e. The molecule has 1 aliphatic heterocycles. The van der Waals surface area contributed by atoms with Crippen molar-refractivity contribution in [3.8, 4) is 0 Å². The van der Waals surface area contributed by atoms with Crippen LogP contribution in [0, 0.1) is 0 Å². The molecule has 0 saturated carbocycles. The third-order valence-electron chi connectivity index (χ3n) is 3.19. The van der Waals surface area contributed by atoms with Crippen molar-refractivity contribution in [2.24, 2.45) is 0 Å². The van der Waals surface area contributed by atoms with Crippen LogP contribution in [0.2, 0.25) is 0 Å². The van der Waals surface area contributed by atoms with Crippen LogP contribution in [0.5, 0.6) is 0 Å². The Morgan fingerprint density at radius 3 is 2.44 bits per heavy atom. The van der Waals surface area contributed by atoms with Crippen molar-refractivity contribution in [1.29, 1.82) is 0 Å². The lowest BCUT2D eigenvalue weighted by Gasteiger charge is -2.27. The lowest BCUT2D eigenvalue weighted by molar-refractivity contribution is -0.192. The third kappa shape index (κ3) is 6.70. The standard InChI is InChI=1S/C12H20N4O2.C2HF3O2/c1-14(2)6-10-7-15-4-5-16(8-11(15)13-10)12(17)9-18-3;3-2(4,5)1(6)7/h7H,4-6,8-9H2,1-3H3;(H,6,7). The summed E-state index contributed by atoms with van der Waals surface area (Å²) in [6.07, 6.45) is -3.01. The molecule has 8 nitrogen and oxygen atoms in total. The van der Waals surface area contributed by atoms with Gasteiger partial charge in [-0.2, -0.15) is 13.2 Å². The minimum absolute atomic E-state index is 0.0286. The highest BCUT2D eigenvalue weighted by atomic mass is 19.4. The van der Waals surface area contributed by atoms with E-state index in [2.05, 4.69) is 20.6 Å². The zero-order valence-corrected chi connectivity index (χ0v) is 14.2. The Balaban J connectivity index is 0.000000381. The van der Waals surface area contributed by atoms with Gasteiger partial charge in [0.05, 0.1) is 12.2 Å². The Bertz CT molecular complexity index is 601. The quantitative estimate of drug-likeness (QED) is 0.838. The molecule has 25 heavy (non-hydrogen) atoms. The number of amides is 1. The monoisotopic (exact) mass is 366 g/mol. The summed E-state index contributed by atoms with van der Waals surface area (Å²) in [5.41, 5.74) is 1.05. The van der Waals surface area contributed by atoms with Crippen LogP contribution >= 0.6 is 0 Å². The van der Waals surface area contributed by atoms with E-state index in [0.29, 0.717) is 6.54 Å². The van der Waals surface area contributed by atoms with Crippen LogP contribution in [0.3, 0.4) is 0 Å². The van der Waals surface area contributed by atoms with Gasteiger partial charge >= 0.3 is 12.1 Å². The van der Waals surface area contributed by atoms with E-state index < -0.39 is 12.1 Å². The van der Waals surface area contributed by atoms with E-state index in [0.717, 1.165) is 31.2 Å². The third-order valence-corrected chi connectivity index (χ3v) is 3.19. The zero-order chi connectivity index (χ0) is 19.2. The minimum atomic E-state index is -5.08. The molecule has 1 aliphatic rings. The number of carbonyl (C=O) groups excluding carboxylic acids is 1. The van der Waals surface area contributed by atoms with E-state index in [4.69, 9.17) is 14.6 Å². The summed E-state index contributed by atoms with van der Waals surface area (Å²) in [7, 11) is 5.58. The fourth-order valence-electron chi connectivity index (χ4n) is 2.14. The van der Waals surface area contributed by atoms with Crippen molar-refractivity contribution in [2.75, 3.05) is 34.4 Å². The van der Waals surface area contributed by atoms with Gasteiger partial charge in [0.15, 0.2) is 0 Å². The van der Waals surface area contributed by atoms with E-state index in [-0.39, 0.29) is 12.5 Å². The summed E-state index contributed by atoms with van der Waals surface area (Å²) in [6.45, 7) is 3.09. The fourth-order valence-corrected chi connectivity index (χ4v) is 2.14. The number of ether oxygens (including phenoxy) is 1. The first kappa shape index (κ1) is 20.9. The predicted octanol–water partition coefficient (Wildman–Crippen LogP) is 0.567. The van der Waals surface area contributed by atoms with Crippen molar-refractivity contribution in [2.45, 2.75) is 25.8 Å². The van der Waals surface area contributed by atoms with Gasteiger partial charge in [0.25, 0.3) is 0 Å². The molecule has 11 heteroatoms. The van der Waals surface area contributed by atoms with Crippen molar-refractivity contribution >= 4 is 11.9 Å². The number of rotatable bonds is 4. The van der Waals surface area contributed by atoms with Gasteiger partial charge < -0.3 is 24.2 Å². The van der Waals surface area contributed by atoms with Gasteiger partial charge in [-0.05, 0) is 14.1 Å². The molecular weight excluding hydrogens is 345 g/mol. The van der Waals surface area contributed by atoms with Crippen LogP contribution in [0.1, 0.15) is 11.5 Å². The number of imidazole rings is 1. The van der Waals surface area contributed by atoms with Gasteiger partial charge in [0.2, 0.25) is 5.91 Å². The second kappa shape index (κ2) is 8.81. The molecule has 1 N–H and O–H groups in total. The number of carbonyl (C=O) groups is 2. The predicted molar refractivity (Wildman–Crippen MR) is 80.6 cm³/mol. The van der Waals surface area contributed by atoms with Crippen LogP contribution in [0.4, 0.5) is 13.2 Å². The van der Waals surface area contributed by atoms with Crippen molar-refractivity contribution in [1.82, 2.24) is 19.4 Å². The average molecular weight is 366 g/mol. The Kier molecular flexibility index (Phi) is 7.37. The van der Waals surface area contributed by atoms with Gasteiger partial charge in [-0.25, -0.2) is 9.78 Å². The highest BCUT2D eigenvalue weighted by Crippen LogP contribution is 2.14. The molecule has 2 rings (SSSR count). The summed E-state index contributed by atoms with van der Waals surface area (Å²) in [5.74, 6) is -1.77. The smallest absolute Gasteiger partial charge is 0.475 e. The summed E-state index contributed by atoms with van der Waals surface area (Å²) >= 11 is 0. The van der Waals surface area contributed by atoms with E-state index in [1.54, 1.807) is 4.90 Å². The highest BCUT2D eigenvalue weighted by molar-refractivity contribution is 5.77. The second-order valence-corrected chi connectivity index (χ2v) is 5.63. The zero-order valence-electron chi connectivity index (χ0n) is 14.2. The summed E-state index contributed by atoms with van der Waals surface area (Å²) in [6, 6.07) is 0. The minimum Gasteiger partial charge on any atom is -0.475 e. The molecule has 1 aromatic heterocycles. The van der Waals surface area contributed by atoms with Crippen LogP contribution in [0.25, 0.3) is 0 Å². The van der Waals surface area contributed by atoms with E-state index >= 15 is 0 Å². The van der Waals surface area contributed by atoms with E-state index in [9.17, 15) is 18.0 Å². The molecule has 0 aromatic carbocycles. The lowest BCUT2D eigenvalue weighted by atomic mass is 10.3. The summed E-state index contributed by atoms with van der Waals surface area (Å²) < 4.78 is 38.7. The van der Waals surface area contributed by atoms with Crippen molar-refractivity contribution < 1.29 is 32.6 Å². The van der Waals surface area contributed by atoms with Gasteiger partial charge in [-0.15, -0.1) is 0 Å². The number of halogens is 3. The fraction of sp³-hybridized carbons (Fsp3) is 0.643. The second-order valence-electron chi connectivity index (χ2n) is 5.63. The number of alkyl halides is 3. The van der Waals surface area contributed by atoms with Crippen LogP contribution in [-0.2, 0) is 34.0 Å². The maximum absolute atomic E-state index is 11.7. The number of fused-ring (bicyclic) bond motifs is 1. The Hall–Kier alpha value is -2.14. The number of hydrogen-bond acceptors (Lipinski definition) is 5. The highest BCUT2D eigenvalue weighted by Gasteiger charge is 2.38. The lowest BCUT2D eigenvalue weighted by Crippen LogP contribution is -2.40. The maximum Gasteiger partial charge on any atom is 0.490 e. The molecule has 0 atom stereocenters. The first-order valence-electron chi connectivity index (χ1n) is 7.31. The maximum atomic E-state index is 11.7. The molecular formula is C14H21F3N4O4. The molecule has 0 unspecified atom stereocenters. The normalized spacial score (nSPS) is 14.0. The number of carboxylic acids is 1. The first-order chi connectivity index (χ1) is 11.5. The number of aromatic nitrogens is 2. The Morgan fingerprint density at radius 2 is 1.96 bits per heavy atom. The molecule has 2 heterocycles. The van der Waals surface area contributed by atoms with Crippen molar-refractivity contribution in [3.05, 3.63) is 17.7 Å². The molecule has 0 bridgehead atoms. The first-order valence-corrected chi connectivity index (χ1v) is 7.31. The molecule has 0 radical (unpaired) electrons. The topological polar surface area (TPSA) is 87.9 Å². The van der Waals surface area contributed by atoms with E-state index in [1.807, 2.05) is 14.1 Å². The molecule has 1 aromatic rings. The van der Waals surface area contributed by atoms with Crippen molar-refractivity contribution in [3.63, 3.8) is 0 Å². The van der Waals surface area contributed by atoms with E-state index in [1.165, 1.54) is 7.11 Å². The molecule has 0 saturated heterocycles. The molecule has 0 spiro atoms. The molecule has 0 fully saturated rings. The SMILES string of the molecule is COCC(=O)N1CCn2cc(CN(C)C)nc2C1.O=C(O)C(F)(F)F. The van der Waals surface area contributed by atoms with Crippen LogP contribution < -0.4 is 0 Å². The summed E-state index contributed by atoms with van der Waals surface area (Å²) in [4.78, 5) is 29.1. The number of hydrogen-bond donors (Lipinski definition) is 1. The molecule has 1 amide bonds. The van der Waals surface area contributed by atoms with Gasteiger partial charge in [-0.1, -0.05) is 0 Å². The van der Waals surface area contributed by atoms with Gasteiger partial charge in [0.1, 0.15) is 12.4 Å². The van der Waals surface area contributed by atoms with Gasteiger partial charge in [0, 0.05) is 32.9 Å². The number of methoxy groups -OCH3 is 1. The van der Waals surface area contributed by atoms with Gasteiger partial charge in [-0.3, -0.25) is 4.79 Å². The number of carboxylic acid groups (broad SMARTS) is 1. The number of nitrogens with zero attached hydrogens (tertiary/aromatic N) is 4. The average Bonchev–Trinajstić information content (AvgIpc) is 2.87. The Morgan fingerprint density at radius 1 is 1.36 bits per heavy atom. The van der Waals surface area contributed by atoms with Crippen LogP contribution in [-0.4, -0.2) is 76.9 Å². The number of aliphatic carboxylic acids is 1. The van der Waals surface area contributed by atoms with Crippen LogP contribution in [0.15, 0.2) is 6.20 Å². The molecule has 0 aliphatic carbocycles. The summed E-state index contributed by atoms with van der Waals surface area (Å²) in [5, 5.41) is 7.12. The molecule has 142 valence electrons. The Labute approximate surface area is 142 Å².